The number of morpholine rings is 1. The smallest absolute Gasteiger partial charge is 0.244 e. The number of carbonyl (C=O) groups excluding carboxylic acids is 1. The summed E-state index contributed by atoms with van der Waals surface area (Å²) in [5.74, 6) is -1.76. The number of ether oxygens (including phenoxy) is 1. The zero-order valence-corrected chi connectivity index (χ0v) is 12.3. The van der Waals surface area contributed by atoms with Gasteiger partial charge in [0.15, 0.2) is 0 Å². The number of hydrogen-bond donors (Lipinski definition) is 2. The van der Waals surface area contributed by atoms with E-state index < -0.39 is 17.7 Å². The molecule has 0 aromatic heterocycles. The predicted molar refractivity (Wildman–Crippen MR) is 74.9 cm³/mol. The molecule has 0 unspecified atom stereocenters. The van der Waals surface area contributed by atoms with Crippen molar-refractivity contribution in [1.29, 1.82) is 0 Å². The highest BCUT2D eigenvalue weighted by atomic mass is 127. The highest BCUT2D eigenvalue weighted by Gasteiger charge is 2.28. The van der Waals surface area contributed by atoms with Gasteiger partial charge in [-0.3, -0.25) is 4.79 Å². The quantitative estimate of drug-likeness (QED) is 0.607. The lowest BCUT2D eigenvalue weighted by molar-refractivity contribution is -0.123. The first-order valence-corrected chi connectivity index (χ1v) is 6.87. The number of hydrogen-bond acceptors (Lipinski definition) is 3. The molecule has 0 aliphatic carbocycles. The molecule has 19 heavy (non-hydrogen) atoms. The molecular formula is C12H13F2IN2O2. The van der Waals surface area contributed by atoms with Gasteiger partial charge in [0.25, 0.3) is 0 Å². The van der Waals surface area contributed by atoms with Crippen molar-refractivity contribution >= 4 is 34.2 Å². The van der Waals surface area contributed by atoms with Crippen LogP contribution in [0.3, 0.4) is 0 Å². The van der Waals surface area contributed by atoms with Gasteiger partial charge in [-0.1, -0.05) is 0 Å². The zero-order chi connectivity index (χ0) is 14.0. The van der Waals surface area contributed by atoms with Gasteiger partial charge in [0.05, 0.1) is 16.3 Å². The highest BCUT2D eigenvalue weighted by Crippen LogP contribution is 2.20. The van der Waals surface area contributed by atoms with Gasteiger partial charge in [-0.05, 0) is 41.6 Å². The van der Waals surface area contributed by atoms with E-state index in [0.717, 1.165) is 12.1 Å². The van der Waals surface area contributed by atoms with Gasteiger partial charge in [0.1, 0.15) is 17.7 Å². The first-order valence-electron chi connectivity index (χ1n) is 5.79. The van der Waals surface area contributed by atoms with E-state index in [9.17, 15) is 13.6 Å². The molecule has 1 heterocycles. The Labute approximate surface area is 123 Å². The number of anilines is 1. The fourth-order valence-corrected chi connectivity index (χ4v) is 2.19. The second kappa shape index (κ2) is 6.10. The van der Waals surface area contributed by atoms with Gasteiger partial charge in [0, 0.05) is 12.2 Å². The number of carbonyl (C=O) groups is 1. The standard InChI is InChI=1S/C12H13F2IN2O2/c1-6-11(16-2-3-19-6)12(18)17-7-4-8(13)10(15)9(14)5-7/h4-6,11,16H,2-3H2,1H3,(H,17,18)/t6-,11+/m1/s1. The van der Waals surface area contributed by atoms with E-state index >= 15 is 0 Å². The van der Waals surface area contributed by atoms with Crippen molar-refractivity contribution in [3.8, 4) is 0 Å². The summed E-state index contributed by atoms with van der Waals surface area (Å²) in [7, 11) is 0. The fourth-order valence-electron chi connectivity index (χ4n) is 1.88. The molecule has 1 aromatic carbocycles. The maximum atomic E-state index is 13.4. The molecule has 1 amide bonds. The molecule has 7 heteroatoms. The van der Waals surface area contributed by atoms with Crippen LogP contribution >= 0.6 is 22.6 Å². The number of nitrogens with one attached hydrogen (secondary N) is 2. The minimum Gasteiger partial charge on any atom is -0.375 e. The summed E-state index contributed by atoms with van der Waals surface area (Å²) in [6.07, 6.45) is -0.285. The van der Waals surface area contributed by atoms with Crippen molar-refractivity contribution in [2.45, 2.75) is 19.1 Å². The van der Waals surface area contributed by atoms with Gasteiger partial charge in [-0.2, -0.15) is 0 Å². The monoisotopic (exact) mass is 382 g/mol. The maximum Gasteiger partial charge on any atom is 0.244 e. The number of benzene rings is 1. The summed E-state index contributed by atoms with van der Waals surface area (Å²) in [6, 6.07) is 1.66. The molecule has 1 fully saturated rings. The normalized spacial score (nSPS) is 23.2. The van der Waals surface area contributed by atoms with Crippen LogP contribution < -0.4 is 10.6 Å². The summed E-state index contributed by atoms with van der Waals surface area (Å²) in [5, 5.41) is 5.49. The summed E-state index contributed by atoms with van der Waals surface area (Å²) in [5.41, 5.74) is 0.0972. The van der Waals surface area contributed by atoms with Crippen LogP contribution in [0.5, 0.6) is 0 Å². The largest absolute Gasteiger partial charge is 0.375 e. The molecule has 0 radical (unpaired) electrons. The van der Waals surface area contributed by atoms with E-state index in [1.165, 1.54) is 0 Å². The highest BCUT2D eigenvalue weighted by molar-refractivity contribution is 14.1. The zero-order valence-electron chi connectivity index (χ0n) is 10.2. The van der Waals surface area contributed by atoms with Crippen LogP contribution in [0.25, 0.3) is 0 Å². The van der Waals surface area contributed by atoms with Gasteiger partial charge < -0.3 is 15.4 Å². The van der Waals surface area contributed by atoms with Gasteiger partial charge >= 0.3 is 0 Å². The molecule has 0 bridgehead atoms. The van der Waals surface area contributed by atoms with Crippen LogP contribution in [-0.4, -0.2) is 31.2 Å². The van der Waals surface area contributed by atoms with E-state index in [-0.39, 0.29) is 21.3 Å². The molecule has 2 rings (SSSR count). The van der Waals surface area contributed by atoms with Crippen molar-refractivity contribution in [1.82, 2.24) is 5.32 Å². The molecule has 2 N–H and O–H groups in total. The molecule has 104 valence electrons. The topological polar surface area (TPSA) is 50.4 Å². The first kappa shape index (κ1) is 14.6. The Morgan fingerprint density at radius 1 is 1.47 bits per heavy atom. The molecular weight excluding hydrogens is 369 g/mol. The maximum absolute atomic E-state index is 13.4. The Balaban J connectivity index is 2.10. The van der Waals surface area contributed by atoms with Gasteiger partial charge in [-0.25, -0.2) is 8.78 Å². The third kappa shape index (κ3) is 3.40. The van der Waals surface area contributed by atoms with E-state index in [1.807, 2.05) is 0 Å². The lowest BCUT2D eigenvalue weighted by atomic mass is 10.1. The first-order chi connectivity index (χ1) is 8.99. The molecule has 1 saturated heterocycles. The summed E-state index contributed by atoms with van der Waals surface area (Å²) >= 11 is 1.57. The van der Waals surface area contributed by atoms with Crippen LogP contribution in [0.15, 0.2) is 12.1 Å². The lowest BCUT2D eigenvalue weighted by Crippen LogP contribution is -2.53. The van der Waals surface area contributed by atoms with Crippen LogP contribution in [0.1, 0.15) is 6.92 Å². The second-order valence-electron chi connectivity index (χ2n) is 4.25. The van der Waals surface area contributed by atoms with E-state index in [0.29, 0.717) is 13.2 Å². The summed E-state index contributed by atoms with van der Waals surface area (Å²) in [4.78, 5) is 12.0. The molecule has 4 nitrogen and oxygen atoms in total. The molecule has 0 spiro atoms. The third-order valence-electron chi connectivity index (χ3n) is 2.85. The van der Waals surface area contributed by atoms with Crippen LogP contribution in [0.2, 0.25) is 0 Å². The summed E-state index contributed by atoms with van der Waals surface area (Å²) in [6.45, 7) is 2.88. The van der Waals surface area contributed by atoms with Gasteiger partial charge in [0.2, 0.25) is 5.91 Å². The van der Waals surface area contributed by atoms with E-state index in [1.54, 1.807) is 29.5 Å². The van der Waals surface area contributed by atoms with Crippen LogP contribution in [0.4, 0.5) is 14.5 Å². The number of rotatable bonds is 2. The average molecular weight is 382 g/mol. The number of halogens is 3. The minimum atomic E-state index is -0.697. The molecule has 2 atom stereocenters. The molecule has 1 aromatic rings. The fraction of sp³-hybridized carbons (Fsp3) is 0.417. The van der Waals surface area contributed by atoms with E-state index in [4.69, 9.17) is 4.74 Å². The van der Waals surface area contributed by atoms with Crippen LogP contribution in [-0.2, 0) is 9.53 Å². The van der Waals surface area contributed by atoms with Crippen molar-refractivity contribution in [3.05, 3.63) is 27.3 Å². The second-order valence-corrected chi connectivity index (χ2v) is 5.33. The number of amides is 1. The minimum absolute atomic E-state index is 0.0944. The Bertz CT molecular complexity index is 476. The Hall–Kier alpha value is -0.800. The molecule has 1 aliphatic rings. The average Bonchev–Trinajstić information content (AvgIpc) is 2.36. The molecule has 0 saturated carbocycles. The molecule has 1 aliphatic heterocycles. The Morgan fingerprint density at radius 3 is 2.68 bits per heavy atom. The lowest BCUT2D eigenvalue weighted by Gasteiger charge is -2.29. The van der Waals surface area contributed by atoms with Crippen molar-refractivity contribution in [2.24, 2.45) is 0 Å². The Kier molecular flexibility index (Phi) is 4.69. The van der Waals surface area contributed by atoms with Crippen molar-refractivity contribution in [3.63, 3.8) is 0 Å². The predicted octanol–water partition coefficient (Wildman–Crippen LogP) is 1.88. The van der Waals surface area contributed by atoms with Crippen molar-refractivity contribution in [2.75, 3.05) is 18.5 Å². The van der Waals surface area contributed by atoms with Crippen LogP contribution in [0, 0.1) is 15.2 Å². The third-order valence-corrected chi connectivity index (χ3v) is 3.88. The van der Waals surface area contributed by atoms with E-state index in [2.05, 4.69) is 10.6 Å². The summed E-state index contributed by atoms with van der Waals surface area (Å²) < 4.78 is 32.0. The SMILES string of the molecule is C[C@H]1OCCN[C@@H]1C(=O)Nc1cc(F)c(I)c(F)c1. The Morgan fingerprint density at radius 2 is 2.11 bits per heavy atom. The van der Waals surface area contributed by atoms with Gasteiger partial charge in [-0.15, -0.1) is 0 Å². The van der Waals surface area contributed by atoms with Crippen molar-refractivity contribution < 1.29 is 18.3 Å².